The maximum Gasteiger partial charge on any atom is 0.232 e. The van der Waals surface area contributed by atoms with Crippen molar-refractivity contribution in [3.8, 4) is 5.75 Å². The molecular weight excluding hydrogens is 480 g/mol. The Morgan fingerprint density at radius 3 is 2.66 bits per heavy atom. The van der Waals surface area contributed by atoms with Gasteiger partial charge in [-0.25, -0.2) is 8.42 Å². The van der Waals surface area contributed by atoms with E-state index in [1.165, 1.54) is 4.31 Å². The summed E-state index contributed by atoms with van der Waals surface area (Å²) in [4.78, 5) is 12.0. The summed E-state index contributed by atoms with van der Waals surface area (Å²) in [7, 11) is -3.49. The predicted octanol–water partition coefficient (Wildman–Crippen LogP) is 4.15. The molecule has 0 unspecified atom stereocenters. The van der Waals surface area contributed by atoms with Crippen molar-refractivity contribution in [2.75, 3.05) is 30.3 Å². The van der Waals surface area contributed by atoms with Crippen LogP contribution in [0, 0.1) is 6.92 Å². The molecule has 0 fully saturated rings. The van der Waals surface area contributed by atoms with Crippen molar-refractivity contribution in [2.24, 2.45) is 0 Å². The summed E-state index contributed by atoms with van der Waals surface area (Å²) in [5.41, 5.74) is 1.57. The first-order chi connectivity index (χ1) is 13.7. The van der Waals surface area contributed by atoms with Crippen molar-refractivity contribution in [3.63, 3.8) is 0 Å². The van der Waals surface area contributed by atoms with Crippen LogP contribution in [0.5, 0.6) is 5.75 Å². The van der Waals surface area contributed by atoms with Crippen molar-refractivity contribution in [3.05, 3.63) is 57.5 Å². The van der Waals surface area contributed by atoms with Gasteiger partial charge in [0.1, 0.15) is 12.4 Å². The SMILES string of the molecule is Cc1cccc(OCCNC(=O)CCCN(c2ccc(Br)c(Cl)c2)S(C)(=O)=O)c1. The second kappa shape index (κ2) is 10.8. The van der Waals surface area contributed by atoms with Crippen LogP contribution in [0.4, 0.5) is 5.69 Å². The molecule has 2 aromatic rings. The van der Waals surface area contributed by atoms with E-state index in [2.05, 4.69) is 21.2 Å². The van der Waals surface area contributed by atoms with Crippen LogP contribution in [0.2, 0.25) is 5.02 Å². The number of hydrogen-bond acceptors (Lipinski definition) is 4. The van der Waals surface area contributed by atoms with Gasteiger partial charge in [0.15, 0.2) is 0 Å². The highest BCUT2D eigenvalue weighted by Crippen LogP contribution is 2.28. The zero-order chi connectivity index (χ0) is 21.4. The molecule has 0 spiro atoms. The fourth-order valence-corrected chi connectivity index (χ4v) is 4.04. The van der Waals surface area contributed by atoms with Crippen LogP contribution in [-0.4, -0.2) is 40.3 Å². The van der Waals surface area contributed by atoms with Gasteiger partial charge in [-0.15, -0.1) is 0 Å². The van der Waals surface area contributed by atoms with E-state index < -0.39 is 10.0 Å². The molecule has 0 aliphatic rings. The molecule has 0 aromatic heterocycles. The van der Waals surface area contributed by atoms with Gasteiger partial charge in [-0.3, -0.25) is 9.10 Å². The number of anilines is 1. The Hall–Kier alpha value is -1.77. The molecule has 9 heteroatoms. The molecule has 6 nitrogen and oxygen atoms in total. The number of halogens is 2. The van der Waals surface area contributed by atoms with Gasteiger partial charge in [0.25, 0.3) is 0 Å². The molecular formula is C20H24BrClN2O4S. The standard InChI is InChI=1S/C20H24BrClN2O4S/c1-15-5-3-6-17(13-15)28-12-10-23-20(25)7-4-11-24(29(2,26)27)16-8-9-18(21)19(22)14-16/h3,5-6,8-9,13-14H,4,7,10-12H2,1-2H3,(H,23,25). The van der Waals surface area contributed by atoms with E-state index >= 15 is 0 Å². The number of carbonyl (C=O) groups is 1. The summed E-state index contributed by atoms with van der Waals surface area (Å²) in [6.07, 6.45) is 1.72. The van der Waals surface area contributed by atoms with Gasteiger partial charge in [0.2, 0.25) is 15.9 Å². The Kier molecular flexibility index (Phi) is 8.79. The van der Waals surface area contributed by atoms with Gasteiger partial charge < -0.3 is 10.1 Å². The molecule has 1 amide bonds. The van der Waals surface area contributed by atoms with Crippen LogP contribution < -0.4 is 14.4 Å². The molecule has 0 bridgehead atoms. The summed E-state index contributed by atoms with van der Waals surface area (Å²) in [6.45, 7) is 2.91. The number of rotatable bonds is 10. The minimum absolute atomic E-state index is 0.153. The number of amides is 1. The van der Waals surface area contributed by atoms with Crippen LogP contribution in [0.25, 0.3) is 0 Å². The smallest absolute Gasteiger partial charge is 0.232 e. The molecule has 158 valence electrons. The average molecular weight is 504 g/mol. The molecule has 0 aliphatic carbocycles. The zero-order valence-electron chi connectivity index (χ0n) is 16.3. The second-order valence-corrected chi connectivity index (χ2v) is 9.72. The summed E-state index contributed by atoms with van der Waals surface area (Å²) >= 11 is 9.36. The molecule has 0 heterocycles. The van der Waals surface area contributed by atoms with E-state index in [-0.39, 0.29) is 18.9 Å². The Morgan fingerprint density at radius 2 is 2.00 bits per heavy atom. The summed E-state index contributed by atoms with van der Waals surface area (Å²) in [5.74, 6) is 0.608. The fraction of sp³-hybridized carbons (Fsp3) is 0.350. The van der Waals surface area contributed by atoms with Gasteiger partial charge in [0.05, 0.1) is 23.5 Å². The lowest BCUT2D eigenvalue weighted by Crippen LogP contribution is -2.32. The summed E-state index contributed by atoms with van der Waals surface area (Å²) in [5, 5.41) is 3.20. The van der Waals surface area contributed by atoms with Crippen LogP contribution in [0.15, 0.2) is 46.9 Å². The largest absolute Gasteiger partial charge is 0.492 e. The molecule has 0 radical (unpaired) electrons. The van der Waals surface area contributed by atoms with Crippen molar-refractivity contribution < 1.29 is 17.9 Å². The van der Waals surface area contributed by atoms with E-state index in [9.17, 15) is 13.2 Å². The van der Waals surface area contributed by atoms with Crippen LogP contribution in [0.1, 0.15) is 18.4 Å². The highest BCUT2D eigenvalue weighted by atomic mass is 79.9. The Bertz CT molecular complexity index is 953. The maximum absolute atomic E-state index is 12.1. The number of sulfonamides is 1. The van der Waals surface area contributed by atoms with Crippen molar-refractivity contribution in [2.45, 2.75) is 19.8 Å². The van der Waals surface area contributed by atoms with Crippen molar-refractivity contribution in [1.82, 2.24) is 5.32 Å². The monoisotopic (exact) mass is 502 g/mol. The maximum atomic E-state index is 12.1. The molecule has 0 atom stereocenters. The fourth-order valence-electron chi connectivity index (χ4n) is 2.66. The van der Waals surface area contributed by atoms with Gasteiger partial charge in [-0.1, -0.05) is 23.7 Å². The second-order valence-electron chi connectivity index (χ2n) is 6.55. The molecule has 0 saturated carbocycles. The number of nitrogens with zero attached hydrogens (tertiary/aromatic N) is 1. The lowest BCUT2D eigenvalue weighted by atomic mass is 10.2. The van der Waals surface area contributed by atoms with Crippen molar-refractivity contribution in [1.29, 1.82) is 0 Å². The number of aryl methyl sites for hydroxylation is 1. The number of benzene rings is 2. The third-order valence-corrected chi connectivity index (χ3v) is 6.47. The van der Waals surface area contributed by atoms with Crippen molar-refractivity contribution >= 4 is 49.1 Å². The van der Waals surface area contributed by atoms with Crippen LogP contribution in [-0.2, 0) is 14.8 Å². The highest BCUT2D eigenvalue weighted by molar-refractivity contribution is 9.10. The summed E-state index contributed by atoms with van der Waals surface area (Å²) in [6, 6.07) is 12.6. The van der Waals surface area contributed by atoms with E-state index in [0.29, 0.717) is 34.8 Å². The quantitative estimate of drug-likeness (QED) is 0.494. The minimum Gasteiger partial charge on any atom is -0.492 e. The van der Waals surface area contributed by atoms with E-state index in [1.54, 1.807) is 18.2 Å². The topological polar surface area (TPSA) is 75.7 Å². The highest BCUT2D eigenvalue weighted by Gasteiger charge is 2.18. The van der Waals surface area contributed by atoms with Crippen LogP contribution >= 0.6 is 27.5 Å². The Labute approximate surface area is 185 Å². The minimum atomic E-state index is -3.49. The molecule has 0 saturated heterocycles. The lowest BCUT2D eigenvalue weighted by molar-refractivity contribution is -0.121. The normalized spacial score (nSPS) is 11.2. The van der Waals surface area contributed by atoms with Gasteiger partial charge in [-0.05, 0) is 65.2 Å². The predicted molar refractivity (Wildman–Crippen MR) is 120 cm³/mol. The third-order valence-electron chi connectivity index (χ3n) is 4.04. The molecule has 0 aliphatic heterocycles. The average Bonchev–Trinajstić information content (AvgIpc) is 2.64. The summed E-state index contributed by atoms with van der Waals surface area (Å²) < 4.78 is 31.8. The molecule has 2 aromatic carbocycles. The number of ether oxygens (including phenoxy) is 1. The first kappa shape index (κ1) is 23.5. The number of hydrogen-bond donors (Lipinski definition) is 1. The Morgan fingerprint density at radius 1 is 1.24 bits per heavy atom. The first-order valence-electron chi connectivity index (χ1n) is 9.06. The third kappa shape index (κ3) is 7.87. The number of carbonyl (C=O) groups excluding carboxylic acids is 1. The lowest BCUT2D eigenvalue weighted by Gasteiger charge is -2.22. The number of nitrogens with one attached hydrogen (secondary N) is 1. The van der Waals surface area contributed by atoms with E-state index in [0.717, 1.165) is 17.6 Å². The molecule has 29 heavy (non-hydrogen) atoms. The Balaban J connectivity index is 1.78. The van der Waals surface area contributed by atoms with Crippen LogP contribution in [0.3, 0.4) is 0 Å². The van der Waals surface area contributed by atoms with E-state index in [1.807, 2.05) is 31.2 Å². The van der Waals surface area contributed by atoms with Gasteiger partial charge in [-0.2, -0.15) is 0 Å². The van der Waals surface area contributed by atoms with Gasteiger partial charge in [0, 0.05) is 17.4 Å². The van der Waals surface area contributed by atoms with E-state index in [4.69, 9.17) is 16.3 Å². The van der Waals surface area contributed by atoms with Gasteiger partial charge >= 0.3 is 0 Å². The zero-order valence-corrected chi connectivity index (χ0v) is 19.5. The first-order valence-corrected chi connectivity index (χ1v) is 12.1. The molecule has 2 rings (SSSR count). The molecule has 1 N–H and O–H groups in total.